The average Bonchev–Trinajstić information content (AvgIpc) is 3.23. The largest absolute Gasteiger partial charge is 0.508 e. The number of esters is 1. The van der Waals surface area contributed by atoms with Crippen LogP contribution < -0.4 is 4.74 Å². The first-order chi connectivity index (χ1) is 16.4. The number of hydrogen-bond acceptors (Lipinski definition) is 6. The minimum absolute atomic E-state index is 0.0649. The van der Waals surface area contributed by atoms with Gasteiger partial charge in [-0.3, -0.25) is 4.57 Å². The second-order valence-electron chi connectivity index (χ2n) is 7.73. The zero-order chi connectivity index (χ0) is 24.7. The van der Waals surface area contributed by atoms with E-state index >= 15 is 0 Å². The van der Waals surface area contributed by atoms with Gasteiger partial charge >= 0.3 is 11.9 Å². The molecule has 0 saturated heterocycles. The van der Waals surface area contributed by atoms with Gasteiger partial charge in [0.1, 0.15) is 17.3 Å². The number of carbonyl (C=O) groups is 2. The number of aryl methyl sites for hydroxylation is 1. The summed E-state index contributed by atoms with van der Waals surface area (Å²) in [4.78, 5) is 29.2. The number of aromatic hydroxyl groups is 1. The maximum atomic E-state index is 12.6. The fraction of sp³-hybridized carbons (Fsp3) is 0.269. The molecule has 3 rings (SSSR count). The monoisotopic (exact) mass is 464 g/mol. The van der Waals surface area contributed by atoms with E-state index in [2.05, 4.69) is 11.9 Å². The van der Waals surface area contributed by atoms with Crippen molar-refractivity contribution in [3.8, 4) is 17.2 Å². The predicted octanol–water partition coefficient (Wildman–Crippen LogP) is 4.43. The highest BCUT2D eigenvalue weighted by molar-refractivity contribution is 5.95. The number of rotatable bonds is 10. The fourth-order valence-corrected chi connectivity index (χ4v) is 3.66. The van der Waals surface area contributed by atoms with Gasteiger partial charge in [-0.1, -0.05) is 25.5 Å². The van der Waals surface area contributed by atoms with Crippen LogP contribution in [0.5, 0.6) is 11.5 Å². The number of unbranched alkanes of at least 4 members (excludes halogenated alkanes) is 1. The Hall–Kier alpha value is -4.07. The first kappa shape index (κ1) is 24.6. The molecule has 0 aliphatic carbocycles. The number of phenols is 1. The Kier molecular flexibility index (Phi) is 8.08. The number of benzene rings is 2. The number of carboxylic acid groups (broad SMARTS) is 1. The molecule has 1 aromatic heterocycles. The lowest BCUT2D eigenvalue weighted by Gasteiger charge is -2.16. The van der Waals surface area contributed by atoms with Crippen molar-refractivity contribution in [2.24, 2.45) is 0 Å². The van der Waals surface area contributed by atoms with Crippen molar-refractivity contribution in [2.45, 2.75) is 32.6 Å². The number of hydrogen-bond donors (Lipinski definition) is 2. The summed E-state index contributed by atoms with van der Waals surface area (Å²) in [5.74, 6) is -0.376. The molecular formula is C26H28N2O6. The number of phenolic OH excluding ortho intramolecular Hbond substituents is 1. The highest BCUT2D eigenvalue weighted by atomic mass is 16.5. The number of methoxy groups -OCH3 is 2. The van der Waals surface area contributed by atoms with Crippen molar-refractivity contribution in [3.63, 3.8) is 0 Å². The molecule has 0 bridgehead atoms. The Balaban J connectivity index is 2.17. The maximum Gasteiger partial charge on any atom is 0.340 e. The van der Waals surface area contributed by atoms with Gasteiger partial charge in [-0.2, -0.15) is 0 Å². The maximum absolute atomic E-state index is 12.6. The molecule has 0 aliphatic rings. The minimum Gasteiger partial charge on any atom is -0.508 e. The summed E-state index contributed by atoms with van der Waals surface area (Å²) in [6, 6.07) is 11.5. The Morgan fingerprint density at radius 3 is 2.59 bits per heavy atom. The molecule has 0 unspecified atom stereocenters. The second kappa shape index (κ2) is 11.2. The molecular weight excluding hydrogens is 436 g/mol. The normalized spacial score (nSPS) is 11.3. The van der Waals surface area contributed by atoms with Gasteiger partial charge < -0.3 is 19.7 Å². The molecule has 2 aromatic carbocycles. The smallest absolute Gasteiger partial charge is 0.340 e. The quantitative estimate of drug-likeness (QED) is 0.337. The molecule has 178 valence electrons. The van der Waals surface area contributed by atoms with Crippen molar-refractivity contribution in [1.29, 1.82) is 0 Å². The van der Waals surface area contributed by atoms with E-state index in [9.17, 15) is 19.8 Å². The van der Waals surface area contributed by atoms with Gasteiger partial charge in [0.05, 0.1) is 37.4 Å². The van der Waals surface area contributed by atoms with E-state index < -0.39 is 11.9 Å². The number of ether oxygens (including phenoxy) is 2. The van der Waals surface area contributed by atoms with Gasteiger partial charge in [0.25, 0.3) is 0 Å². The van der Waals surface area contributed by atoms with Crippen LogP contribution in [0, 0.1) is 0 Å². The van der Waals surface area contributed by atoms with Gasteiger partial charge in [0.2, 0.25) is 0 Å². The third-order valence-corrected chi connectivity index (χ3v) is 5.37. The SMILES string of the molecule is CCCCc1ncc(/C=C(\Cc2cccc(O)c2)C(=O)O)n1-c1ccc(OC)cc1C(=O)OC. The number of aliphatic carboxylic acids is 1. The van der Waals surface area contributed by atoms with Crippen LogP contribution in [0.1, 0.15) is 47.2 Å². The molecule has 1 heterocycles. The van der Waals surface area contributed by atoms with Crippen molar-refractivity contribution in [3.05, 3.63) is 76.9 Å². The molecule has 34 heavy (non-hydrogen) atoms. The Morgan fingerprint density at radius 1 is 1.15 bits per heavy atom. The van der Waals surface area contributed by atoms with Crippen LogP contribution in [0.25, 0.3) is 11.8 Å². The Bertz CT molecular complexity index is 1210. The second-order valence-corrected chi connectivity index (χ2v) is 7.73. The van der Waals surface area contributed by atoms with Crippen LogP contribution in [0.2, 0.25) is 0 Å². The molecule has 0 spiro atoms. The highest BCUT2D eigenvalue weighted by Crippen LogP contribution is 2.27. The molecule has 2 N–H and O–H groups in total. The van der Waals surface area contributed by atoms with E-state index in [-0.39, 0.29) is 23.3 Å². The van der Waals surface area contributed by atoms with Gasteiger partial charge in [-0.05, 0) is 48.4 Å². The van der Waals surface area contributed by atoms with Crippen molar-refractivity contribution < 1.29 is 29.3 Å². The van der Waals surface area contributed by atoms with Crippen molar-refractivity contribution in [2.75, 3.05) is 14.2 Å². The van der Waals surface area contributed by atoms with Crippen LogP contribution >= 0.6 is 0 Å². The molecule has 8 nitrogen and oxygen atoms in total. The van der Waals surface area contributed by atoms with E-state index in [0.29, 0.717) is 34.9 Å². The zero-order valence-corrected chi connectivity index (χ0v) is 19.4. The zero-order valence-electron chi connectivity index (χ0n) is 19.4. The summed E-state index contributed by atoms with van der Waals surface area (Å²) in [5.41, 5.74) is 2.08. The Labute approximate surface area is 198 Å². The summed E-state index contributed by atoms with van der Waals surface area (Å²) < 4.78 is 12.0. The lowest BCUT2D eigenvalue weighted by molar-refractivity contribution is -0.132. The van der Waals surface area contributed by atoms with Gasteiger partial charge in [0.15, 0.2) is 0 Å². The van der Waals surface area contributed by atoms with Crippen LogP contribution in [0.15, 0.2) is 54.2 Å². The fourth-order valence-electron chi connectivity index (χ4n) is 3.66. The van der Waals surface area contributed by atoms with E-state index in [4.69, 9.17) is 9.47 Å². The van der Waals surface area contributed by atoms with Gasteiger partial charge in [-0.25, -0.2) is 14.6 Å². The van der Waals surface area contributed by atoms with Crippen molar-refractivity contribution >= 4 is 18.0 Å². The van der Waals surface area contributed by atoms with E-state index in [1.54, 1.807) is 47.2 Å². The van der Waals surface area contributed by atoms with Crippen LogP contribution in [-0.2, 0) is 22.4 Å². The lowest BCUT2D eigenvalue weighted by Crippen LogP contribution is -2.12. The summed E-state index contributed by atoms with van der Waals surface area (Å²) in [7, 11) is 2.81. The molecule has 0 fully saturated rings. The number of aromatic nitrogens is 2. The number of imidazole rings is 1. The van der Waals surface area contributed by atoms with E-state index in [1.165, 1.54) is 26.4 Å². The molecule has 8 heteroatoms. The average molecular weight is 465 g/mol. The van der Waals surface area contributed by atoms with E-state index in [1.807, 2.05) is 0 Å². The van der Waals surface area contributed by atoms with Crippen molar-refractivity contribution in [1.82, 2.24) is 9.55 Å². The summed E-state index contributed by atoms with van der Waals surface area (Å²) >= 11 is 0. The topological polar surface area (TPSA) is 111 Å². The van der Waals surface area contributed by atoms with Crippen LogP contribution in [0.3, 0.4) is 0 Å². The molecule has 0 aliphatic heterocycles. The van der Waals surface area contributed by atoms with Gasteiger partial charge in [0, 0.05) is 18.4 Å². The number of carboxylic acids is 1. The van der Waals surface area contributed by atoms with E-state index in [0.717, 1.165) is 12.8 Å². The number of carbonyl (C=O) groups excluding carboxylic acids is 1. The standard InChI is InChI=1S/C26H28N2O6/c1-4-5-9-24-27-16-19(14-18(25(30)31)12-17-7-6-8-20(29)13-17)28(24)23-11-10-21(33-2)15-22(23)26(32)34-3/h6-8,10-11,13-16,29H,4-5,9,12H2,1-3H3,(H,30,31)/b18-14+. The number of nitrogens with zero attached hydrogens (tertiary/aromatic N) is 2. The molecule has 0 radical (unpaired) electrons. The van der Waals surface area contributed by atoms with Gasteiger partial charge in [-0.15, -0.1) is 0 Å². The first-order valence-electron chi connectivity index (χ1n) is 10.9. The first-order valence-corrected chi connectivity index (χ1v) is 10.9. The summed E-state index contributed by atoms with van der Waals surface area (Å²) in [6.45, 7) is 2.07. The molecule has 0 saturated carbocycles. The summed E-state index contributed by atoms with van der Waals surface area (Å²) in [5, 5.41) is 19.6. The van der Waals surface area contributed by atoms with Crippen LogP contribution in [0.4, 0.5) is 0 Å². The minimum atomic E-state index is -1.09. The lowest BCUT2D eigenvalue weighted by atomic mass is 10.0. The third-order valence-electron chi connectivity index (χ3n) is 5.37. The Morgan fingerprint density at radius 2 is 1.94 bits per heavy atom. The molecule has 3 aromatic rings. The highest BCUT2D eigenvalue weighted by Gasteiger charge is 2.20. The molecule has 0 amide bonds. The third kappa shape index (κ3) is 5.64. The van der Waals surface area contributed by atoms with Crippen LogP contribution in [-0.4, -0.2) is 45.9 Å². The summed E-state index contributed by atoms with van der Waals surface area (Å²) in [6.07, 6.45) is 5.71. The molecule has 0 atom stereocenters. The predicted molar refractivity (Wildman–Crippen MR) is 127 cm³/mol.